The van der Waals surface area contributed by atoms with Gasteiger partial charge in [-0.05, 0) is 32.4 Å². The first-order chi connectivity index (χ1) is 11.7. The number of aryl methyl sites for hydroxylation is 1. The minimum Gasteiger partial charge on any atom is -0.466 e. The molecule has 0 saturated carbocycles. The third-order valence-electron chi connectivity index (χ3n) is 3.45. The van der Waals surface area contributed by atoms with Gasteiger partial charge in [-0.2, -0.15) is 0 Å². The molecule has 1 aromatic carbocycles. The fourth-order valence-electron chi connectivity index (χ4n) is 2.34. The number of hydrogen-bond acceptors (Lipinski definition) is 5. The highest BCUT2D eigenvalue weighted by Crippen LogP contribution is 2.23. The number of thioether (sulfide) groups is 1. The molecule has 2 aromatic rings. The van der Waals surface area contributed by atoms with Crippen molar-refractivity contribution in [3.63, 3.8) is 0 Å². The number of nitrogens with one attached hydrogen (secondary N) is 1. The molecule has 1 amide bonds. The van der Waals surface area contributed by atoms with E-state index in [-0.39, 0.29) is 11.9 Å². The summed E-state index contributed by atoms with van der Waals surface area (Å²) in [7, 11) is 0. The van der Waals surface area contributed by atoms with E-state index in [1.165, 1.54) is 11.8 Å². The van der Waals surface area contributed by atoms with Crippen molar-refractivity contribution in [1.29, 1.82) is 0 Å². The molecule has 1 heterocycles. The van der Waals surface area contributed by atoms with Gasteiger partial charge >= 0.3 is 5.97 Å². The Labute approximate surface area is 146 Å². The maximum atomic E-state index is 11.9. The molecule has 7 heteroatoms. The van der Waals surface area contributed by atoms with Gasteiger partial charge in [0.1, 0.15) is 0 Å². The first-order valence-electron chi connectivity index (χ1n) is 8.16. The molecule has 0 aliphatic heterocycles. The molecule has 2 rings (SSSR count). The minimum absolute atomic E-state index is 0.0569. The fraction of sp³-hybridized carbons (Fsp3) is 0.471. The van der Waals surface area contributed by atoms with Gasteiger partial charge in [0, 0.05) is 19.5 Å². The van der Waals surface area contributed by atoms with Crippen molar-refractivity contribution in [2.24, 2.45) is 0 Å². The van der Waals surface area contributed by atoms with Crippen LogP contribution >= 0.6 is 11.8 Å². The zero-order chi connectivity index (χ0) is 17.4. The van der Waals surface area contributed by atoms with E-state index in [0.717, 1.165) is 22.7 Å². The Morgan fingerprint density at radius 3 is 2.83 bits per heavy atom. The van der Waals surface area contributed by atoms with Crippen LogP contribution in [-0.4, -0.2) is 40.3 Å². The highest BCUT2D eigenvalue weighted by molar-refractivity contribution is 7.99. The second-order valence-electron chi connectivity index (χ2n) is 5.17. The van der Waals surface area contributed by atoms with Gasteiger partial charge in [-0.25, -0.2) is 4.98 Å². The lowest BCUT2D eigenvalue weighted by molar-refractivity contribution is -0.143. The quantitative estimate of drug-likeness (QED) is 0.428. The number of esters is 1. The largest absolute Gasteiger partial charge is 0.466 e. The lowest BCUT2D eigenvalue weighted by Crippen LogP contribution is -2.26. The van der Waals surface area contributed by atoms with Crippen molar-refractivity contribution in [1.82, 2.24) is 14.9 Å². The molecule has 0 saturated heterocycles. The molecular weight excluding hydrogens is 326 g/mol. The van der Waals surface area contributed by atoms with Crippen molar-refractivity contribution in [2.45, 2.75) is 38.4 Å². The maximum absolute atomic E-state index is 11.9. The number of hydrogen-bond donors (Lipinski definition) is 1. The lowest BCUT2D eigenvalue weighted by atomic mass is 10.3. The van der Waals surface area contributed by atoms with Crippen LogP contribution in [0.4, 0.5) is 0 Å². The van der Waals surface area contributed by atoms with Crippen LogP contribution in [0, 0.1) is 0 Å². The van der Waals surface area contributed by atoms with E-state index in [4.69, 9.17) is 4.74 Å². The predicted octanol–water partition coefficient (Wildman–Crippen LogP) is 2.61. The minimum atomic E-state index is -0.224. The van der Waals surface area contributed by atoms with Crippen molar-refractivity contribution in [2.75, 3.05) is 18.9 Å². The van der Waals surface area contributed by atoms with Crippen LogP contribution in [0.25, 0.3) is 11.0 Å². The molecule has 0 fully saturated rings. The molecule has 0 unspecified atom stereocenters. The topological polar surface area (TPSA) is 73.2 Å². The maximum Gasteiger partial charge on any atom is 0.305 e. The Hall–Kier alpha value is -2.02. The summed E-state index contributed by atoms with van der Waals surface area (Å²) in [6.07, 6.45) is 0.912. The average molecular weight is 349 g/mol. The van der Waals surface area contributed by atoms with E-state index in [0.29, 0.717) is 31.7 Å². The molecular formula is C17H23N3O3S. The number of amides is 1. The van der Waals surface area contributed by atoms with Gasteiger partial charge in [0.25, 0.3) is 0 Å². The van der Waals surface area contributed by atoms with Crippen LogP contribution in [-0.2, 0) is 20.9 Å². The predicted molar refractivity (Wildman–Crippen MR) is 95.0 cm³/mol. The summed E-state index contributed by atoms with van der Waals surface area (Å²) >= 11 is 1.43. The summed E-state index contributed by atoms with van der Waals surface area (Å²) in [6, 6.07) is 7.95. The van der Waals surface area contributed by atoms with Crippen LogP contribution in [0.3, 0.4) is 0 Å². The zero-order valence-corrected chi connectivity index (χ0v) is 14.9. The molecule has 0 aliphatic carbocycles. The van der Waals surface area contributed by atoms with Crippen LogP contribution in [0.15, 0.2) is 29.4 Å². The molecule has 0 spiro atoms. The standard InChI is InChI=1S/C17H23N3O3S/c1-3-20-14-9-6-5-8-13(14)19-17(20)24-12-15(21)18-11-7-10-16(22)23-4-2/h5-6,8-9H,3-4,7,10-12H2,1-2H3,(H,18,21). The monoisotopic (exact) mass is 349 g/mol. The third kappa shape index (κ3) is 4.99. The van der Waals surface area contributed by atoms with Gasteiger partial charge < -0.3 is 14.6 Å². The first kappa shape index (κ1) is 18.3. The van der Waals surface area contributed by atoms with Gasteiger partial charge in [0.05, 0.1) is 23.4 Å². The molecule has 0 aliphatic rings. The Kier molecular flexibility index (Phi) is 7.11. The average Bonchev–Trinajstić information content (AvgIpc) is 2.94. The summed E-state index contributed by atoms with van der Waals surface area (Å²) in [5.41, 5.74) is 2.02. The molecule has 1 N–H and O–H groups in total. The van der Waals surface area contributed by atoms with E-state index in [1.54, 1.807) is 6.92 Å². The summed E-state index contributed by atoms with van der Waals surface area (Å²) in [5.74, 6) is 0.0271. The normalized spacial score (nSPS) is 10.8. The molecule has 130 valence electrons. The highest BCUT2D eigenvalue weighted by Gasteiger charge is 2.11. The van der Waals surface area contributed by atoms with E-state index < -0.39 is 0 Å². The molecule has 0 atom stereocenters. The molecule has 0 radical (unpaired) electrons. The molecule has 6 nitrogen and oxygen atoms in total. The number of carbonyl (C=O) groups is 2. The van der Waals surface area contributed by atoms with Gasteiger partial charge in [0.15, 0.2) is 5.16 Å². The van der Waals surface area contributed by atoms with E-state index in [9.17, 15) is 9.59 Å². The van der Waals surface area contributed by atoms with Crippen molar-refractivity contribution in [3.8, 4) is 0 Å². The van der Waals surface area contributed by atoms with Crippen LogP contribution in [0.1, 0.15) is 26.7 Å². The van der Waals surface area contributed by atoms with E-state index >= 15 is 0 Å². The van der Waals surface area contributed by atoms with Crippen LogP contribution in [0.2, 0.25) is 0 Å². The van der Waals surface area contributed by atoms with Crippen molar-refractivity contribution >= 4 is 34.7 Å². The Morgan fingerprint density at radius 1 is 1.29 bits per heavy atom. The Morgan fingerprint density at radius 2 is 2.08 bits per heavy atom. The summed E-state index contributed by atoms with van der Waals surface area (Å²) < 4.78 is 6.95. The first-order valence-corrected chi connectivity index (χ1v) is 9.14. The van der Waals surface area contributed by atoms with Gasteiger partial charge in [-0.1, -0.05) is 23.9 Å². The zero-order valence-electron chi connectivity index (χ0n) is 14.1. The molecule has 24 heavy (non-hydrogen) atoms. The highest BCUT2D eigenvalue weighted by atomic mass is 32.2. The molecule has 0 bridgehead atoms. The SMILES string of the molecule is CCOC(=O)CCCNC(=O)CSc1nc2ccccc2n1CC. The van der Waals surface area contributed by atoms with Crippen LogP contribution in [0.5, 0.6) is 0 Å². The number of benzene rings is 1. The van der Waals surface area contributed by atoms with Gasteiger partial charge in [-0.15, -0.1) is 0 Å². The second kappa shape index (κ2) is 9.32. The number of ether oxygens (including phenoxy) is 1. The number of rotatable bonds is 9. The number of aromatic nitrogens is 2. The second-order valence-corrected chi connectivity index (χ2v) is 6.12. The number of para-hydroxylation sites is 2. The van der Waals surface area contributed by atoms with E-state index in [1.807, 2.05) is 24.3 Å². The lowest BCUT2D eigenvalue weighted by Gasteiger charge is -2.07. The number of carbonyl (C=O) groups excluding carboxylic acids is 2. The van der Waals surface area contributed by atoms with E-state index in [2.05, 4.69) is 21.8 Å². The Bertz CT molecular complexity index is 699. The summed E-state index contributed by atoms with van der Waals surface area (Å²) in [6.45, 7) is 5.51. The number of fused-ring (bicyclic) bond motifs is 1. The Balaban J connectivity index is 1.79. The number of nitrogens with zero attached hydrogens (tertiary/aromatic N) is 2. The van der Waals surface area contributed by atoms with Gasteiger partial charge in [0.2, 0.25) is 5.91 Å². The third-order valence-corrected chi connectivity index (χ3v) is 4.43. The number of imidazole rings is 1. The smallest absolute Gasteiger partial charge is 0.305 e. The van der Waals surface area contributed by atoms with Gasteiger partial charge in [-0.3, -0.25) is 9.59 Å². The molecule has 1 aromatic heterocycles. The fourth-order valence-corrected chi connectivity index (χ4v) is 3.25. The van der Waals surface area contributed by atoms with Crippen LogP contribution < -0.4 is 5.32 Å². The van der Waals surface area contributed by atoms with Crippen molar-refractivity contribution < 1.29 is 14.3 Å². The summed E-state index contributed by atoms with van der Waals surface area (Å²) in [4.78, 5) is 27.7. The summed E-state index contributed by atoms with van der Waals surface area (Å²) in [5, 5.41) is 3.66. The van der Waals surface area contributed by atoms with Crippen molar-refractivity contribution in [3.05, 3.63) is 24.3 Å².